The smallest absolute Gasteiger partial charge is 0.0144 e. The summed E-state index contributed by atoms with van der Waals surface area (Å²) in [5, 5.41) is 4.24. The van der Waals surface area contributed by atoms with E-state index in [4.69, 9.17) is 0 Å². The Balaban J connectivity index is 1.95. The van der Waals surface area contributed by atoms with Crippen molar-refractivity contribution in [2.24, 2.45) is 5.41 Å². The van der Waals surface area contributed by atoms with Crippen LogP contribution in [-0.4, -0.2) is 17.8 Å². The summed E-state index contributed by atoms with van der Waals surface area (Å²) in [6.07, 6.45) is 4.52. The number of hydrogen-bond donors (Lipinski definition) is 1. The predicted octanol–water partition coefficient (Wildman–Crippen LogP) is 4.28. The fraction of sp³-hybridized carbons (Fsp3) is 0.529. The number of nitrogens with one attached hydrogen (secondary N) is 1. The largest absolute Gasteiger partial charge is 0.314 e. The maximum atomic E-state index is 4.05. The first-order valence-corrected chi connectivity index (χ1v) is 8.02. The Bertz CT molecular complexity index is 416. The summed E-state index contributed by atoms with van der Waals surface area (Å²) in [5.41, 5.74) is 1.70. The van der Waals surface area contributed by atoms with Crippen LogP contribution in [0.4, 0.5) is 0 Å². The van der Waals surface area contributed by atoms with E-state index in [1.165, 1.54) is 23.3 Å². The second kappa shape index (κ2) is 6.15. The molecular weight excluding hydrogens is 250 g/mol. The van der Waals surface area contributed by atoms with Gasteiger partial charge in [-0.3, -0.25) is 0 Å². The van der Waals surface area contributed by atoms with Crippen LogP contribution in [0.2, 0.25) is 0 Å². The second-order valence-corrected chi connectivity index (χ2v) is 7.49. The molecule has 104 valence electrons. The minimum atomic E-state index is 0.185. The average Bonchev–Trinajstić information content (AvgIpc) is 2.78. The Labute approximate surface area is 121 Å². The molecule has 2 atom stereocenters. The Morgan fingerprint density at radius 2 is 2.21 bits per heavy atom. The van der Waals surface area contributed by atoms with Gasteiger partial charge in [-0.2, -0.15) is 0 Å². The van der Waals surface area contributed by atoms with E-state index in [9.17, 15) is 0 Å². The molecule has 0 aliphatic carbocycles. The van der Waals surface area contributed by atoms with Crippen LogP contribution in [0.3, 0.4) is 0 Å². The second-order valence-electron chi connectivity index (χ2n) is 6.15. The maximum absolute atomic E-state index is 4.05. The SMILES string of the molecule is C=CC(C)(CNC(C)C)CC1Cc2ccccc2S1. The van der Waals surface area contributed by atoms with Crippen molar-refractivity contribution < 1.29 is 0 Å². The highest BCUT2D eigenvalue weighted by Crippen LogP contribution is 2.42. The average molecular weight is 275 g/mol. The van der Waals surface area contributed by atoms with Crippen molar-refractivity contribution in [3.63, 3.8) is 0 Å². The number of benzene rings is 1. The van der Waals surface area contributed by atoms with Crippen molar-refractivity contribution >= 4 is 11.8 Å². The van der Waals surface area contributed by atoms with Crippen LogP contribution in [0.1, 0.15) is 32.8 Å². The molecule has 19 heavy (non-hydrogen) atoms. The zero-order chi connectivity index (χ0) is 13.9. The molecule has 0 spiro atoms. The van der Waals surface area contributed by atoms with E-state index < -0.39 is 0 Å². The van der Waals surface area contributed by atoms with Crippen LogP contribution >= 0.6 is 11.8 Å². The van der Waals surface area contributed by atoms with Crippen LogP contribution in [0.15, 0.2) is 41.8 Å². The van der Waals surface area contributed by atoms with E-state index in [0.29, 0.717) is 11.3 Å². The lowest BCUT2D eigenvalue weighted by atomic mass is 9.84. The molecule has 2 unspecified atom stereocenters. The fourth-order valence-electron chi connectivity index (χ4n) is 2.55. The molecule has 1 aromatic rings. The molecule has 1 heterocycles. The van der Waals surface area contributed by atoms with E-state index in [2.05, 4.69) is 63.0 Å². The highest BCUT2D eigenvalue weighted by molar-refractivity contribution is 8.00. The molecule has 0 saturated carbocycles. The molecule has 0 fully saturated rings. The number of rotatable bonds is 6. The molecule has 0 bridgehead atoms. The zero-order valence-electron chi connectivity index (χ0n) is 12.3. The van der Waals surface area contributed by atoms with E-state index in [-0.39, 0.29) is 5.41 Å². The van der Waals surface area contributed by atoms with Crippen molar-refractivity contribution in [2.75, 3.05) is 6.54 Å². The number of fused-ring (bicyclic) bond motifs is 1. The highest BCUT2D eigenvalue weighted by Gasteiger charge is 2.29. The minimum absolute atomic E-state index is 0.185. The minimum Gasteiger partial charge on any atom is -0.314 e. The monoisotopic (exact) mass is 275 g/mol. The number of hydrogen-bond acceptors (Lipinski definition) is 2. The Morgan fingerprint density at radius 3 is 2.84 bits per heavy atom. The van der Waals surface area contributed by atoms with Gasteiger partial charge in [0.2, 0.25) is 0 Å². The maximum Gasteiger partial charge on any atom is 0.0144 e. The fourth-order valence-corrected chi connectivity index (χ4v) is 4.10. The summed E-state index contributed by atoms with van der Waals surface area (Å²) in [4.78, 5) is 1.47. The lowest BCUT2D eigenvalue weighted by molar-refractivity contribution is 0.347. The summed E-state index contributed by atoms with van der Waals surface area (Å²) < 4.78 is 0. The topological polar surface area (TPSA) is 12.0 Å². The summed E-state index contributed by atoms with van der Waals surface area (Å²) in [7, 11) is 0. The Kier molecular flexibility index (Phi) is 4.75. The van der Waals surface area contributed by atoms with Gasteiger partial charge in [0.1, 0.15) is 0 Å². The molecule has 0 aromatic heterocycles. The number of thioether (sulfide) groups is 1. The van der Waals surface area contributed by atoms with Crippen LogP contribution < -0.4 is 5.32 Å². The molecule has 0 saturated heterocycles. The molecule has 0 amide bonds. The molecule has 1 aliphatic heterocycles. The van der Waals surface area contributed by atoms with E-state index in [0.717, 1.165) is 6.54 Å². The van der Waals surface area contributed by atoms with Crippen molar-refractivity contribution in [3.05, 3.63) is 42.5 Å². The van der Waals surface area contributed by atoms with Crippen LogP contribution in [0.5, 0.6) is 0 Å². The van der Waals surface area contributed by atoms with Crippen LogP contribution in [-0.2, 0) is 6.42 Å². The van der Waals surface area contributed by atoms with Gasteiger partial charge in [0.25, 0.3) is 0 Å². The van der Waals surface area contributed by atoms with Gasteiger partial charge in [0.15, 0.2) is 0 Å². The molecule has 1 nitrogen and oxygen atoms in total. The third-order valence-electron chi connectivity index (χ3n) is 3.81. The first-order valence-electron chi connectivity index (χ1n) is 7.14. The third kappa shape index (κ3) is 3.87. The lowest BCUT2D eigenvalue weighted by Gasteiger charge is -2.30. The van der Waals surface area contributed by atoms with E-state index >= 15 is 0 Å². The van der Waals surface area contributed by atoms with Gasteiger partial charge < -0.3 is 5.32 Å². The van der Waals surface area contributed by atoms with Crippen molar-refractivity contribution in [3.8, 4) is 0 Å². The van der Waals surface area contributed by atoms with Gasteiger partial charge in [-0.05, 0) is 29.9 Å². The highest BCUT2D eigenvalue weighted by atomic mass is 32.2. The van der Waals surface area contributed by atoms with Gasteiger partial charge in [0, 0.05) is 22.7 Å². The van der Waals surface area contributed by atoms with Crippen molar-refractivity contribution in [2.45, 2.75) is 49.8 Å². The van der Waals surface area contributed by atoms with Gasteiger partial charge >= 0.3 is 0 Å². The molecular formula is C17H25NS. The quantitative estimate of drug-likeness (QED) is 0.778. The Morgan fingerprint density at radius 1 is 1.47 bits per heavy atom. The molecule has 2 heteroatoms. The van der Waals surface area contributed by atoms with Gasteiger partial charge in [-0.15, -0.1) is 18.3 Å². The van der Waals surface area contributed by atoms with Gasteiger partial charge in [-0.25, -0.2) is 0 Å². The Hall–Kier alpha value is -0.730. The zero-order valence-corrected chi connectivity index (χ0v) is 13.1. The molecule has 1 aromatic carbocycles. The summed E-state index contributed by atoms with van der Waals surface area (Å²) >= 11 is 2.04. The van der Waals surface area contributed by atoms with Crippen molar-refractivity contribution in [1.29, 1.82) is 0 Å². The normalized spacial score (nSPS) is 21.2. The van der Waals surface area contributed by atoms with E-state index in [1.807, 2.05) is 11.8 Å². The van der Waals surface area contributed by atoms with Gasteiger partial charge in [0.05, 0.1) is 0 Å². The van der Waals surface area contributed by atoms with Crippen molar-refractivity contribution in [1.82, 2.24) is 5.32 Å². The molecule has 2 rings (SSSR count). The summed E-state index contributed by atoms with van der Waals surface area (Å²) in [6.45, 7) is 11.8. The first-order chi connectivity index (χ1) is 9.02. The van der Waals surface area contributed by atoms with E-state index in [1.54, 1.807) is 0 Å². The lowest BCUT2D eigenvalue weighted by Crippen LogP contribution is -2.36. The van der Waals surface area contributed by atoms with Crippen LogP contribution in [0, 0.1) is 5.41 Å². The first kappa shape index (κ1) is 14.7. The molecule has 1 aliphatic rings. The molecule has 0 radical (unpaired) electrons. The summed E-state index contributed by atoms with van der Waals surface area (Å²) in [5.74, 6) is 0. The standard InChI is InChI=1S/C17H25NS/c1-5-17(4,12-18-13(2)3)11-15-10-14-8-6-7-9-16(14)19-15/h5-9,13,15,18H,1,10-12H2,2-4H3. The molecule has 1 N–H and O–H groups in total. The summed E-state index contributed by atoms with van der Waals surface area (Å²) in [6, 6.07) is 9.33. The third-order valence-corrected chi connectivity index (χ3v) is 5.13. The van der Waals surface area contributed by atoms with Gasteiger partial charge in [-0.1, -0.05) is 45.0 Å². The van der Waals surface area contributed by atoms with Crippen LogP contribution in [0.25, 0.3) is 0 Å². The predicted molar refractivity (Wildman–Crippen MR) is 85.9 cm³/mol.